The van der Waals surface area contributed by atoms with Crippen molar-refractivity contribution in [3.05, 3.63) is 144 Å². The highest BCUT2D eigenvalue weighted by molar-refractivity contribution is 6.08. The Morgan fingerprint density at radius 2 is 1.26 bits per heavy atom. The lowest BCUT2D eigenvalue weighted by Crippen LogP contribution is -2.14. The first-order valence-corrected chi connectivity index (χ1v) is 15.8. The molecule has 222 valence electrons. The zero-order valence-electron chi connectivity index (χ0n) is 26.4. The molecule has 0 saturated carbocycles. The molecule has 0 aliphatic heterocycles. The fourth-order valence-corrected chi connectivity index (χ4v) is 6.84. The molecule has 2 heterocycles. The van der Waals surface area contributed by atoms with Gasteiger partial charge < -0.3 is 4.42 Å². The summed E-state index contributed by atoms with van der Waals surface area (Å²) in [4.78, 5) is 15.0. The van der Waals surface area contributed by atoms with Gasteiger partial charge in [-0.3, -0.25) is 0 Å². The number of rotatable bonds is 5. The molecule has 4 nitrogen and oxygen atoms in total. The summed E-state index contributed by atoms with van der Waals surface area (Å²) in [6, 6.07) is 38.0. The van der Waals surface area contributed by atoms with Crippen molar-refractivity contribution < 1.29 is 4.42 Å². The van der Waals surface area contributed by atoms with Gasteiger partial charge >= 0.3 is 0 Å². The smallest absolute Gasteiger partial charge is 0.164 e. The van der Waals surface area contributed by atoms with Crippen LogP contribution in [0.1, 0.15) is 44.4 Å². The van der Waals surface area contributed by atoms with Gasteiger partial charge in [-0.25, -0.2) is 15.0 Å². The maximum Gasteiger partial charge on any atom is 0.164 e. The van der Waals surface area contributed by atoms with Gasteiger partial charge in [0.2, 0.25) is 0 Å². The standard InChI is InChI=1S/C42H33N3O/c1-5-13-26(6-2)28-16-12-17-29(22-28)40-43-39(27-14-8-7-9-15-27)44-41(45-40)30-20-21-37-33(23-30)34-24-32-31-18-10-11-19-35(31)42(3,4)36(32)25-38(34)46-37/h5-25H,1-4H3/b13-5-,26-6+. The largest absolute Gasteiger partial charge is 0.456 e. The molecular weight excluding hydrogens is 562 g/mol. The third-order valence-corrected chi connectivity index (χ3v) is 9.21. The number of allylic oxidation sites excluding steroid dienone is 4. The minimum atomic E-state index is -0.0861. The van der Waals surface area contributed by atoms with Crippen LogP contribution in [0, 0.1) is 0 Å². The van der Waals surface area contributed by atoms with Gasteiger partial charge in [0, 0.05) is 32.9 Å². The lowest BCUT2D eigenvalue weighted by Gasteiger charge is -2.21. The zero-order chi connectivity index (χ0) is 31.4. The first-order chi connectivity index (χ1) is 22.4. The summed E-state index contributed by atoms with van der Waals surface area (Å²) in [6.45, 7) is 8.68. The van der Waals surface area contributed by atoms with Crippen LogP contribution in [0.25, 0.3) is 72.8 Å². The second kappa shape index (κ2) is 10.8. The summed E-state index contributed by atoms with van der Waals surface area (Å²) in [5.74, 6) is 1.90. The predicted molar refractivity (Wildman–Crippen MR) is 189 cm³/mol. The molecule has 0 spiro atoms. The molecule has 4 heteroatoms. The van der Waals surface area contributed by atoms with Crippen molar-refractivity contribution in [2.24, 2.45) is 0 Å². The van der Waals surface area contributed by atoms with E-state index in [0.29, 0.717) is 17.5 Å². The van der Waals surface area contributed by atoms with Gasteiger partial charge in [0.1, 0.15) is 11.2 Å². The molecule has 1 aliphatic rings. The molecule has 5 aromatic carbocycles. The fraction of sp³-hybridized carbons (Fsp3) is 0.119. The Morgan fingerprint density at radius 3 is 2.02 bits per heavy atom. The van der Waals surface area contributed by atoms with E-state index in [0.717, 1.165) is 49.8 Å². The van der Waals surface area contributed by atoms with Crippen LogP contribution in [0.3, 0.4) is 0 Å². The van der Waals surface area contributed by atoms with E-state index < -0.39 is 0 Å². The van der Waals surface area contributed by atoms with E-state index in [1.165, 1.54) is 22.3 Å². The van der Waals surface area contributed by atoms with E-state index in [2.05, 4.69) is 106 Å². The average molecular weight is 596 g/mol. The maximum absolute atomic E-state index is 6.45. The van der Waals surface area contributed by atoms with Crippen LogP contribution in [0.15, 0.2) is 132 Å². The van der Waals surface area contributed by atoms with Crippen molar-refractivity contribution in [1.82, 2.24) is 15.0 Å². The summed E-state index contributed by atoms with van der Waals surface area (Å²) < 4.78 is 6.45. The molecule has 7 aromatic rings. The highest BCUT2D eigenvalue weighted by Gasteiger charge is 2.36. The molecule has 0 saturated heterocycles. The van der Waals surface area contributed by atoms with Crippen molar-refractivity contribution in [3.63, 3.8) is 0 Å². The first-order valence-electron chi connectivity index (χ1n) is 15.8. The molecule has 46 heavy (non-hydrogen) atoms. The summed E-state index contributed by atoms with van der Waals surface area (Å²) >= 11 is 0. The highest BCUT2D eigenvalue weighted by atomic mass is 16.3. The van der Waals surface area contributed by atoms with Gasteiger partial charge in [-0.1, -0.05) is 105 Å². The number of benzene rings is 5. The molecular formula is C42H33N3O. The molecule has 8 rings (SSSR count). The van der Waals surface area contributed by atoms with Gasteiger partial charge in [-0.05, 0) is 83.6 Å². The quantitative estimate of drug-likeness (QED) is 0.186. The summed E-state index contributed by atoms with van der Waals surface area (Å²) in [5.41, 5.74) is 11.9. The van der Waals surface area contributed by atoms with Crippen molar-refractivity contribution in [1.29, 1.82) is 0 Å². The normalized spacial score (nSPS) is 13.9. The Balaban J connectivity index is 1.30. The monoisotopic (exact) mass is 595 g/mol. The van der Waals surface area contributed by atoms with Gasteiger partial charge in [0.25, 0.3) is 0 Å². The lowest BCUT2D eigenvalue weighted by molar-refractivity contribution is 0.647. The number of aromatic nitrogens is 3. The first kappa shape index (κ1) is 27.9. The van der Waals surface area contributed by atoms with Gasteiger partial charge in [0.15, 0.2) is 17.5 Å². The van der Waals surface area contributed by atoms with Crippen LogP contribution in [0.2, 0.25) is 0 Å². The SMILES string of the molecule is C/C=C\C(=C/C)c1cccc(-c2nc(-c3ccccc3)nc(-c3ccc4oc5cc6c(cc5c4c3)-c3ccccc3C6(C)C)n2)c1. The van der Waals surface area contributed by atoms with E-state index >= 15 is 0 Å². The Labute approximate surface area is 268 Å². The average Bonchev–Trinajstić information content (AvgIpc) is 3.57. The Bertz CT molecular complexity index is 2360. The molecule has 0 bridgehead atoms. The van der Waals surface area contributed by atoms with E-state index in [-0.39, 0.29) is 5.41 Å². The summed E-state index contributed by atoms with van der Waals surface area (Å²) in [7, 11) is 0. The van der Waals surface area contributed by atoms with Crippen LogP contribution in [0.4, 0.5) is 0 Å². The van der Waals surface area contributed by atoms with E-state index in [1.807, 2.05) is 49.4 Å². The van der Waals surface area contributed by atoms with E-state index in [9.17, 15) is 0 Å². The Hall–Kier alpha value is -5.61. The van der Waals surface area contributed by atoms with Crippen molar-refractivity contribution in [2.45, 2.75) is 33.1 Å². The summed E-state index contributed by atoms with van der Waals surface area (Å²) in [5, 5.41) is 2.14. The van der Waals surface area contributed by atoms with E-state index in [4.69, 9.17) is 19.4 Å². The molecule has 0 radical (unpaired) electrons. The number of hydrogen-bond donors (Lipinski definition) is 0. The van der Waals surface area contributed by atoms with E-state index in [1.54, 1.807) is 0 Å². The number of hydrogen-bond acceptors (Lipinski definition) is 4. The maximum atomic E-state index is 6.45. The van der Waals surface area contributed by atoms with Crippen LogP contribution >= 0.6 is 0 Å². The van der Waals surface area contributed by atoms with Crippen LogP contribution in [0.5, 0.6) is 0 Å². The zero-order valence-corrected chi connectivity index (χ0v) is 26.4. The molecule has 2 aromatic heterocycles. The van der Waals surface area contributed by atoms with Crippen LogP contribution < -0.4 is 0 Å². The number of nitrogens with zero attached hydrogens (tertiary/aromatic N) is 3. The number of furan rings is 1. The Morgan fingerprint density at radius 1 is 0.587 bits per heavy atom. The lowest BCUT2D eigenvalue weighted by atomic mass is 9.82. The predicted octanol–water partition coefficient (Wildman–Crippen LogP) is 11.1. The summed E-state index contributed by atoms with van der Waals surface area (Å²) in [6.07, 6.45) is 6.29. The fourth-order valence-electron chi connectivity index (χ4n) is 6.84. The second-order valence-corrected chi connectivity index (χ2v) is 12.4. The highest BCUT2D eigenvalue weighted by Crippen LogP contribution is 2.50. The molecule has 0 fully saturated rings. The molecule has 1 aliphatic carbocycles. The van der Waals surface area contributed by atoms with Crippen molar-refractivity contribution >= 4 is 27.5 Å². The second-order valence-electron chi connectivity index (χ2n) is 12.4. The molecule has 0 amide bonds. The molecule has 0 atom stereocenters. The third-order valence-electron chi connectivity index (χ3n) is 9.21. The molecule has 0 unspecified atom stereocenters. The number of fused-ring (bicyclic) bond motifs is 6. The van der Waals surface area contributed by atoms with Crippen molar-refractivity contribution in [3.8, 4) is 45.3 Å². The van der Waals surface area contributed by atoms with Gasteiger partial charge in [0.05, 0.1) is 0 Å². The van der Waals surface area contributed by atoms with Gasteiger partial charge in [-0.2, -0.15) is 0 Å². The van der Waals surface area contributed by atoms with Crippen molar-refractivity contribution in [2.75, 3.05) is 0 Å². The third kappa shape index (κ3) is 4.49. The topological polar surface area (TPSA) is 51.8 Å². The molecule has 0 N–H and O–H groups in total. The van der Waals surface area contributed by atoms with Gasteiger partial charge in [-0.15, -0.1) is 0 Å². The van der Waals surface area contributed by atoms with Crippen LogP contribution in [-0.4, -0.2) is 15.0 Å². The Kier molecular flexibility index (Phi) is 6.54. The minimum absolute atomic E-state index is 0.0861. The van der Waals surface area contributed by atoms with Crippen LogP contribution in [-0.2, 0) is 5.41 Å². The minimum Gasteiger partial charge on any atom is -0.456 e.